The number of anilines is 1. The van der Waals surface area contributed by atoms with Crippen molar-refractivity contribution in [2.75, 3.05) is 38.3 Å². The molecule has 2 aliphatic heterocycles. The van der Waals surface area contributed by atoms with Crippen molar-refractivity contribution >= 4 is 11.7 Å². The molecule has 0 unspecified atom stereocenters. The molecule has 0 bridgehead atoms. The average molecular weight is 411 g/mol. The molecule has 4 rings (SSSR count). The van der Waals surface area contributed by atoms with Crippen molar-refractivity contribution in [3.05, 3.63) is 46.9 Å². The number of methoxy groups -OCH3 is 1. The van der Waals surface area contributed by atoms with Crippen LogP contribution in [0.4, 0.5) is 5.82 Å². The molecule has 1 fully saturated rings. The van der Waals surface area contributed by atoms with Gasteiger partial charge in [-0.2, -0.15) is 0 Å². The monoisotopic (exact) mass is 410 g/mol. The number of rotatable bonds is 5. The Morgan fingerprint density at radius 3 is 2.70 bits per heavy atom. The number of aryl methyl sites for hydroxylation is 1. The minimum absolute atomic E-state index is 0.195. The number of aliphatic hydroxyl groups is 1. The van der Waals surface area contributed by atoms with Gasteiger partial charge in [-0.05, 0) is 38.7 Å². The maximum atomic E-state index is 11.8. The molecular weight excluding hydrogens is 380 g/mol. The topological polar surface area (TPSA) is 78.8 Å². The number of aliphatic hydroxyl groups excluding tert-OH is 1. The molecule has 0 atom stereocenters. The fourth-order valence-electron chi connectivity index (χ4n) is 4.57. The van der Waals surface area contributed by atoms with Crippen LogP contribution in [0, 0.1) is 6.92 Å². The van der Waals surface area contributed by atoms with Gasteiger partial charge in [-0.3, -0.25) is 4.79 Å². The van der Waals surface area contributed by atoms with Crippen LogP contribution >= 0.6 is 0 Å². The molecule has 0 aliphatic carbocycles. The molecule has 0 saturated carbocycles. The molecule has 2 aromatic rings. The molecule has 1 amide bonds. The molecule has 1 N–H and O–H groups in total. The van der Waals surface area contributed by atoms with Gasteiger partial charge < -0.3 is 19.6 Å². The van der Waals surface area contributed by atoms with Crippen molar-refractivity contribution in [1.29, 1.82) is 0 Å². The average Bonchev–Trinajstić information content (AvgIpc) is 2.79. The zero-order chi connectivity index (χ0) is 21.1. The van der Waals surface area contributed by atoms with Crippen LogP contribution in [0.3, 0.4) is 0 Å². The number of aromatic nitrogens is 2. The Kier molecular flexibility index (Phi) is 6.18. The summed E-state index contributed by atoms with van der Waals surface area (Å²) in [5.74, 6) is 2.88. The number of likely N-dealkylation sites (tertiary alicyclic amines) is 1. The fourth-order valence-corrected chi connectivity index (χ4v) is 4.57. The maximum absolute atomic E-state index is 11.8. The summed E-state index contributed by atoms with van der Waals surface area (Å²) in [7, 11) is 1.71. The Labute approximate surface area is 177 Å². The van der Waals surface area contributed by atoms with Gasteiger partial charge in [0.1, 0.15) is 24.0 Å². The third kappa shape index (κ3) is 4.12. The van der Waals surface area contributed by atoms with E-state index in [1.54, 1.807) is 12.0 Å². The lowest BCUT2D eigenvalue weighted by Gasteiger charge is -2.34. The molecule has 3 heterocycles. The number of nitrogens with zero attached hydrogens (tertiary/aromatic N) is 4. The van der Waals surface area contributed by atoms with Crippen molar-refractivity contribution in [3.8, 4) is 5.75 Å². The molecule has 7 nitrogen and oxygen atoms in total. The highest BCUT2D eigenvalue weighted by molar-refractivity contribution is 5.77. The number of carbonyl (C=O) groups excluding carboxylic acids is 1. The van der Waals surface area contributed by atoms with Crippen molar-refractivity contribution in [1.82, 2.24) is 14.9 Å². The maximum Gasteiger partial charge on any atom is 0.248 e. The van der Waals surface area contributed by atoms with Crippen molar-refractivity contribution < 1.29 is 14.6 Å². The van der Waals surface area contributed by atoms with Gasteiger partial charge in [0.25, 0.3) is 0 Å². The standard InChI is InChI=1S/C23H30N4O3/c1-16-19-7-5-11-27(14-18-6-3-4-8-20(18)30-2)23(19)25-22(24-16)17-9-12-26(13-10-17)21(29)15-28/h3-4,6,8,17,28H,5,7,9-15H2,1-2H3. The van der Waals surface area contributed by atoms with Gasteiger partial charge in [0.15, 0.2) is 0 Å². The van der Waals surface area contributed by atoms with Crippen LogP contribution in [0.25, 0.3) is 0 Å². The molecule has 1 aromatic heterocycles. The van der Waals surface area contributed by atoms with E-state index in [1.807, 2.05) is 18.2 Å². The zero-order valence-corrected chi connectivity index (χ0v) is 17.8. The second-order valence-electron chi connectivity index (χ2n) is 8.12. The van der Waals surface area contributed by atoms with Crippen molar-refractivity contribution in [2.45, 2.75) is 45.1 Å². The lowest BCUT2D eigenvalue weighted by Crippen LogP contribution is -2.40. The Morgan fingerprint density at radius 1 is 1.20 bits per heavy atom. The molecule has 0 radical (unpaired) electrons. The number of hydrogen-bond donors (Lipinski definition) is 1. The van der Waals surface area contributed by atoms with Crippen LogP contribution in [-0.2, 0) is 17.8 Å². The van der Waals surface area contributed by atoms with E-state index in [0.29, 0.717) is 13.1 Å². The first-order valence-corrected chi connectivity index (χ1v) is 10.7. The molecule has 2 aliphatic rings. The van der Waals surface area contributed by atoms with E-state index in [1.165, 1.54) is 5.56 Å². The molecule has 160 valence electrons. The molecule has 1 saturated heterocycles. The summed E-state index contributed by atoms with van der Waals surface area (Å²) in [4.78, 5) is 25.7. The summed E-state index contributed by atoms with van der Waals surface area (Å²) in [6.07, 6.45) is 3.76. The summed E-state index contributed by atoms with van der Waals surface area (Å²) in [6.45, 7) is 4.68. The smallest absolute Gasteiger partial charge is 0.248 e. The highest BCUT2D eigenvalue weighted by atomic mass is 16.5. The Bertz CT molecular complexity index is 909. The van der Waals surface area contributed by atoms with Gasteiger partial charge >= 0.3 is 0 Å². The number of para-hydroxylation sites is 1. The number of piperidine rings is 1. The van der Waals surface area contributed by atoms with E-state index in [0.717, 1.165) is 67.4 Å². The molecule has 1 aromatic carbocycles. The number of fused-ring (bicyclic) bond motifs is 1. The van der Waals surface area contributed by atoms with Gasteiger partial charge in [-0.1, -0.05) is 18.2 Å². The third-order valence-electron chi connectivity index (χ3n) is 6.27. The SMILES string of the molecule is COc1ccccc1CN1CCCc2c(C)nc(C3CCN(C(=O)CO)CC3)nc21. The van der Waals surface area contributed by atoms with Crippen molar-refractivity contribution in [2.24, 2.45) is 0 Å². The van der Waals surface area contributed by atoms with E-state index in [4.69, 9.17) is 19.8 Å². The lowest BCUT2D eigenvalue weighted by atomic mass is 9.95. The Hall–Kier alpha value is -2.67. The minimum atomic E-state index is -0.420. The third-order valence-corrected chi connectivity index (χ3v) is 6.27. The lowest BCUT2D eigenvalue weighted by molar-refractivity contribution is -0.135. The largest absolute Gasteiger partial charge is 0.496 e. The summed E-state index contributed by atoms with van der Waals surface area (Å²) < 4.78 is 5.55. The number of hydrogen-bond acceptors (Lipinski definition) is 6. The van der Waals surface area contributed by atoms with E-state index in [9.17, 15) is 4.79 Å². The number of carbonyl (C=O) groups is 1. The normalized spacial score (nSPS) is 17.0. The molecule has 0 spiro atoms. The predicted octanol–water partition coefficient (Wildman–Crippen LogP) is 2.44. The first-order valence-electron chi connectivity index (χ1n) is 10.7. The Morgan fingerprint density at radius 2 is 1.97 bits per heavy atom. The number of ether oxygens (including phenoxy) is 1. The van der Waals surface area contributed by atoms with Crippen LogP contribution in [0.1, 0.15) is 47.8 Å². The highest BCUT2D eigenvalue weighted by Gasteiger charge is 2.28. The van der Waals surface area contributed by atoms with Crippen LogP contribution < -0.4 is 9.64 Å². The van der Waals surface area contributed by atoms with E-state index < -0.39 is 6.61 Å². The van der Waals surface area contributed by atoms with Gasteiger partial charge in [0, 0.05) is 48.9 Å². The molecule has 30 heavy (non-hydrogen) atoms. The van der Waals surface area contributed by atoms with E-state index in [2.05, 4.69) is 17.9 Å². The number of amides is 1. The number of benzene rings is 1. The quantitative estimate of drug-likeness (QED) is 0.816. The summed E-state index contributed by atoms with van der Waals surface area (Å²) in [5.41, 5.74) is 3.46. The van der Waals surface area contributed by atoms with E-state index in [-0.39, 0.29) is 11.8 Å². The zero-order valence-electron chi connectivity index (χ0n) is 17.8. The second-order valence-corrected chi connectivity index (χ2v) is 8.12. The predicted molar refractivity (Wildman–Crippen MR) is 115 cm³/mol. The van der Waals surface area contributed by atoms with Crippen LogP contribution in [0.5, 0.6) is 5.75 Å². The van der Waals surface area contributed by atoms with Gasteiger partial charge in [-0.15, -0.1) is 0 Å². The van der Waals surface area contributed by atoms with Crippen molar-refractivity contribution in [3.63, 3.8) is 0 Å². The minimum Gasteiger partial charge on any atom is -0.496 e. The molecular formula is C23H30N4O3. The van der Waals surface area contributed by atoms with Crippen LogP contribution in [0.15, 0.2) is 24.3 Å². The second kappa shape index (κ2) is 9.00. The summed E-state index contributed by atoms with van der Waals surface area (Å²) in [5, 5.41) is 9.10. The van der Waals surface area contributed by atoms with Gasteiger partial charge in [0.2, 0.25) is 5.91 Å². The molecule has 7 heteroatoms. The first kappa shape index (κ1) is 20.6. The summed E-state index contributed by atoms with van der Waals surface area (Å²) in [6, 6.07) is 8.14. The fraction of sp³-hybridized carbons (Fsp3) is 0.522. The summed E-state index contributed by atoms with van der Waals surface area (Å²) >= 11 is 0. The van der Waals surface area contributed by atoms with Gasteiger partial charge in [0.05, 0.1) is 7.11 Å². The highest BCUT2D eigenvalue weighted by Crippen LogP contribution is 2.33. The van der Waals surface area contributed by atoms with Crippen LogP contribution in [0.2, 0.25) is 0 Å². The van der Waals surface area contributed by atoms with Crippen LogP contribution in [-0.4, -0.2) is 59.2 Å². The Balaban J connectivity index is 1.57. The van der Waals surface area contributed by atoms with Gasteiger partial charge in [-0.25, -0.2) is 9.97 Å². The van der Waals surface area contributed by atoms with E-state index >= 15 is 0 Å². The first-order chi connectivity index (χ1) is 14.6.